The van der Waals surface area contributed by atoms with Crippen LogP contribution in [0.2, 0.25) is 0 Å². The van der Waals surface area contributed by atoms with Gasteiger partial charge in [-0.3, -0.25) is 9.59 Å². The van der Waals surface area contributed by atoms with Gasteiger partial charge < -0.3 is 15.7 Å². The van der Waals surface area contributed by atoms with E-state index in [0.717, 1.165) is 19.3 Å². The normalized spacial score (nSPS) is 16.4. The number of nitrogens with zero attached hydrogens (tertiary/aromatic N) is 1. The van der Waals surface area contributed by atoms with Crippen LogP contribution in [0.1, 0.15) is 39.5 Å². The van der Waals surface area contributed by atoms with E-state index in [2.05, 4.69) is 13.8 Å². The summed E-state index contributed by atoms with van der Waals surface area (Å²) in [5.41, 5.74) is 5.70. The smallest absolute Gasteiger partial charge is 0.323 e. The maximum absolute atomic E-state index is 12.2. The summed E-state index contributed by atoms with van der Waals surface area (Å²) in [5.74, 6) is 0.151. The van der Waals surface area contributed by atoms with Crippen molar-refractivity contribution in [2.24, 2.45) is 23.5 Å². The maximum Gasteiger partial charge on any atom is 0.323 e. The largest absolute Gasteiger partial charge is 0.480 e. The maximum atomic E-state index is 12.2. The molecule has 0 saturated heterocycles. The van der Waals surface area contributed by atoms with Crippen LogP contribution in [0.25, 0.3) is 0 Å². The molecule has 1 atom stereocenters. The summed E-state index contributed by atoms with van der Waals surface area (Å²) >= 11 is 0. The Bertz CT molecular complexity index is 314. The van der Waals surface area contributed by atoms with Crippen LogP contribution in [0.3, 0.4) is 0 Å². The van der Waals surface area contributed by atoms with Crippen molar-refractivity contribution < 1.29 is 14.7 Å². The molecule has 1 rings (SSSR count). The Kier molecular flexibility index (Phi) is 6.28. The molecule has 0 radical (unpaired) electrons. The Balaban J connectivity index is 2.50. The van der Waals surface area contributed by atoms with Crippen molar-refractivity contribution in [1.82, 2.24) is 4.90 Å². The summed E-state index contributed by atoms with van der Waals surface area (Å²) in [6.07, 6.45) is 3.49. The fourth-order valence-electron chi connectivity index (χ4n) is 2.34. The number of hydrogen-bond acceptors (Lipinski definition) is 3. The van der Waals surface area contributed by atoms with E-state index >= 15 is 0 Å². The first-order valence-corrected chi connectivity index (χ1v) is 7.12. The highest BCUT2D eigenvalue weighted by Crippen LogP contribution is 2.30. The Morgan fingerprint density at radius 2 is 2.00 bits per heavy atom. The molecule has 3 N–H and O–H groups in total. The third kappa shape index (κ3) is 6.57. The molecule has 0 unspecified atom stereocenters. The van der Waals surface area contributed by atoms with Gasteiger partial charge in [-0.2, -0.15) is 0 Å². The van der Waals surface area contributed by atoms with Crippen LogP contribution in [0.4, 0.5) is 0 Å². The van der Waals surface area contributed by atoms with Crippen LogP contribution in [0.15, 0.2) is 0 Å². The number of nitrogens with two attached hydrogens (primary N) is 1. The minimum Gasteiger partial charge on any atom is -0.480 e. The van der Waals surface area contributed by atoms with E-state index in [-0.39, 0.29) is 18.4 Å². The predicted octanol–water partition coefficient (Wildman–Crippen LogP) is 1.32. The zero-order valence-electron chi connectivity index (χ0n) is 12.0. The van der Waals surface area contributed by atoms with Crippen molar-refractivity contribution in [3.8, 4) is 0 Å². The van der Waals surface area contributed by atoms with Gasteiger partial charge in [0.2, 0.25) is 5.91 Å². The quantitative estimate of drug-likeness (QED) is 0.662. The summed E-state index contributed by atoms with van der Waals surface area (Å²) in [4.78, 5) is 24.5. The summed E-state index contributed by atoms with van der Waals surface area (Å²) in [5, 5.41) is 8.88. The van der Waals surface area contributed by atoms with E-state index in [0.29, 0.717) is 31.3 Å². The summed E-state index contributed by atoms with van der Waals surface area (Å²) < 4.78 is 0. The molecule has 0 aliphatic heterocycles. The van der Waals surface area contributed by atoms with Crippen molar-refractivity contribution in [3.05, 3.63) is 0 Å². The molecule has 19 heavy (non-hydrogen) atoms. The highest BCUT2D eigenvalue weighted by molar-refractivity contribution is 5.81. The first-order chi connectivity index (χ1) is 8.92. The van der Waals surface area contributed by atoms with Crippen molar-refractivity contribution >= 4 is 11.9 Å². The molecule has 1 aliphatic carbocycles. The summed E-state index contributed by atoms with van der Waals surface area (Å²) in [6.45, 7) is 5.09. The lowest BCUT2D eigenvalue weighted by Gasteiger charge is -2.24. The van der Waals surface area contributed by atoms with Gasteiger partial charge in [0, 0.05) is 13.0 Å². The lowest BCUT2D eigenvalue weighted by molar-refractivity contribution is -0.145. The monoisotopic (exact) mass is 270 g/mol. The molecule has 0 aromatic heterocycles. The van der Waals surface area contributed by atoms with E-state index in [1.807, 2.05) is 0 Å². The summed E-state index contributed by atoms with van der Waals surface area (Å²) in [6, 6.07) is 0. The second kappa shape index (κ2) is 7.48. The summed E-state index contributed by atoms with van der Waals surface area (Å²) in [7, 11) is 0. The molecular formula is C14H26N2O3. The standard InChI is InChI=1S/C14H26N2O3/c1-10(2)5-12(7-15)6-13(17)16(9-14(18)19)8-11-3-4-11/h10-12H,3-9,15H2,1-2H3,(H,18,19)/t12-/m0/s1. The van der Waals surface area contributed by atoms with Gasteiger partial charge >= 0.3 is 5.97 Å². The van der Waals surface area contributed by atoms with Crippen LogP contribution < -0.4 is 5.73 Å². The van der Waals surface area contributed by atoms with Gasteiger partial charge in [-0.05, 0) is 43.6 Å². The van der Waals surface area contributed by atoms with Crippen LogP contribution >= 0.6 is 0 Å². The Morgan fingerprint density at radius 3 is 2.42 bits per heavy atom. The van der Waals surface area contributed by atoms with Crippen molar-refractivity contribution in [2.45, 2.75) is 39.5 Å². The number of carboxylic acid groups (broad SMARTS) is 1. The average molecular weight is 270 g/mol. The Morgan fingerprint density at radius 1 is 1.37 bits per heavy atom. The van der Waals surface area contributed by atoms with Gasteiger partial charge in [-0.15, -0.1) is 0 Å². The lowest BCUT2D eigenvalue weighted by Crippen LogP contribution is -2.39. The second-order valence-corrected chi connectivity index (χ2v) is 6.05. The third-order valence-electron chi connectivity index (χ3n) is 3.46. The molecule has 110 valence electrons. The number of aliphatic carboxylic acids is 1. The molecule has 0 spiro atoms. The van der Waals surface area contributed by atoms with Crippen molar-refractivity contribution in [1.29, 1.82) is 0 Å². The van der Waals surface area contributed by atoms with Crippen LogP contribution in [0.5, 0.6) is 0 Å². The lowest BCUT2D eigenvalue weighted by atomic mass is 9.93. The van der Waals surface area contributed by atoms with Gasteiger partial charge in [0.25, 0.3) is 0 Å². The molecule has 5 nitrogen and oxygen atoms in total. The number of carbonyl (C=O) groups excluding carboxylic acids is 1. The van der Waals surface area contributed by atoms with Gasteiger partial charge in [0.15, 0.2) is 0 Å². The average Bonchev–Trinajstić information content (AvgIpc) is 3.09. The van der Waals surface area contributed by atoms with Gasteiger partial charge in [-0.1, -0.05) is 13.8 Å². The number of carboxylic acids is 1. The highest BCUT2D eigenvalue weighted by Gasteiger charge is 2.28. The Labute approximate surface area is 115 Å². The SMILES string of the molecule is CC(C)C[C@H](CN)CC(=O)N(CC(=O)O)CC1CC1. The third-order valence-corrected chi connectivity index (χ3v) is 3.46. The van der Waals surface area contributed by atoms with Crippen LogP contribution in [-0.2, 0) is 9.59 Å². The van der Waals surface area contributed by atoms with Crippen molar-refractivity contribution in [2.75, 3.05) is 19.6 Å². The van der Waals surface area contributed by atoms with Gasteiger partial charge in [0.1, 0.15) is 6.54 Å². The molecular weight excluding hydrogens is 244 g/mol. The molecule has 1 fully saturated rings. The first kappa shape index (κ1) is 16.0. The van der Waals surface area contributed by atoms with Gasteiger partial charge in [-0.25, -0.2) is 0 Å². The molecule has 1 aliphatic rings. The number of hydrogen-bond donors (Lipinski definition) is 2. The molecule has 5 heteroatoms. The molecule has 0 aromatic carbocycles. The Hall–Kier alpha value is -1.10. The zero-order chi connectivity index (χ0) is 14.4. The van der Waals surface area contributed by atoms with E-state index in [1.54, 1.807) is 0 Å². The van der Waals surface area contributed by atoms with E-state index in [1.165, 1.54) is 4.90 Å². The molecule has 0 aromatic rings. The number of rotatable bonds is 9. The van der Waals surface area contributed by atoms with E-state index in [4.69, 9.17) is 10.8 Å². The topological polar surface area (TPSA) is 83.6 Å². The number of amides is 1. The predicted molar refractivity (Wildman–Crippen MR) is 73.6 cm³/mol. The highest BCUT2D eigenvalue weighted by atomic mass is 16.4. The fraction of sp³-hybridized carbons (Fsp3) is 0.857. The van der Waals surface area contributed by atoms with E-state index in [9.17, 15) is 9.59 Å². The minimum atomic E-state index is -0.942. The number of carbonyl (C=O) groups is 2. The molecule has 0 bridgehead atoms. The fourth-order valence-corrected chi connectivity index (χ4v) is 2.34. The first-order valence-electron chi connectivity index (χ1n) is 7.12. The van der Waals surface area contributed by atoms with Crippen LogP contribution in [-0.4, -0.2) is 41.5 Å². The van der Waals surface area contributed by atoms with Crippen molar-refractivity contribution in [3.63, 3.8) is 0 Å². The van der Waals surface area contributed by atoms with E-state index < -0.39 is 5.97 Å². The molecule has 1 saturated carbocycles. The van der Waals surface area contributed by atoms with Crippen LogP contribution in [0, 0.1) is 17.8 Å². The molecule has 0 heterocycles. The second-order valence-electron chi connectivity index (χ2n) is 6.05. The zero-order valence-corrected chi connectivity index (χ0v) is 12.0. The van der Waals surface area contributed by atoms with Gasteiger partial charge in [0.05, 0.1) is 0 Å². The molecule has 1 amide bonds. The minimum absolute atomic E-state index is 0.0644.